The van der Waals surface area contributed by atoms with Crippen LogP contribution in [0.2, 0.25) is 0 Å². The van der Waals surface area contributed by atoms with Crippen molar-refractivity contribution in [3.8, 4) is 0 Å². The molecule has 0 heterocycles. The summed E-state index contributed by atoms with van der Waals surface area (Å²) in [5.41, 5.74) is 9.74. The summed E-state index contributed by atoms with van der Waals surface area (Å²) in [7, 11) is 0. The van der Waals surface area contributed by atoms with Gasteiger partial charge in [-0.25, -0.2) is 0 Å². The number of hydrogen-bond donors (Lipinski definition) is 2. The quantitative estimate of drug-likeness (QED) is 0.407. The van der Waals surface area contributed by atoms with Crippen LogP contribution in [0.1, 0.15) is 0 Å². The Hall–Kier alpha value is -0.660. The molecule has 2 nitrogen and oxygen atoms in total. The highest BCUT2D eigenvalue weighted by Crippen LogP contribution is 1.58. The van der Waals surface area contributed by atoms with Crippen LogP contribution in [0.25, 0.3) is 0 Å². The van der Waals surface area contributed by atoms with Crippen molar-refractivity contribution in [2.24, 2.45) is 11.5 Å². The molecule has 0 spiro atoms. The second-order valence-corrected chi connectivity index (χ2v) is 0.704. The molecule has 29 valence electrons. The monoisotopic (exact) mass is 71.1 g/mol. The lowest BCUT2D eigenvalue weighted by molar-refractivity contribution is 1.25. The van der Waals surface area contributed by atoms with Gasteiger partial charge in [-0.05, 0) is 13.0 Å². The minimum absolute atomic E-state index is 0.269. The Morgan fingerprint density at radius 3 is 1.80 bits per heavy atom. The normalized spacial score (nSPS) is 6.60. The number of rotatable bonds is 0. The summed E-state index contributed by atoms with van der Waals surface area (Å²) in [4.78, 5) is 0. The Morgan fingerprint density at radius 2 is 1.80 bits per heavy atom. The predicted molar refractivity (Wildman–Crippen MR) is 21.8 cm³/mol. The Kier molecular flexibility index (Phi) is 1.42. The minimum Gasteiger partial charge on any atom is -0.386 e. The maximum absolute atomic E-state index is 4.87. The molecule has 0 unspecified atom stereocenters. The van der Waals surface area contributed by atoms with Crippen molar-refractivity contribution >= 4 is 0 Å². The van der Waals surface area contributed by atoms with Gasteiger partial charge in [-0.2, -0.15) is 0 Å². The first-order valence-corrected chi connectivity index (χ1v) is 1.27. The Bertz CT molecular complexity index is 42.9. The van der Waals surface area contributed by atoms with Crippen LogP contribution < -0.4 is 11.5 Å². The summed E-state index contributed by atoms with van der Waals surface area (Å²) in [6.07, 6.45) is 1.39. The SMILES string of the molecule is [CH2]C=C(N)N. The summed E-state index contributed by atoms with van der Waals surface area (Å²) in [5, 5.41) is 0. The fourth-order valence-corrected chi connectivity index (χ4v) is 0. The molecule has 1 radical (unpaired) electrons. The van der Waals surface area contributed by atoms with Crippen LogP contribution in [-0.2, 0) is 0 Å². The summed E-state index contributed by atoms with van der Waals surface area (Å²) < 4.78 is 0. The molecule has 0 aliphatic rings. The third-order valence-corrected chi connectivity index (χ3v) is 0.236. The zero-order valence-electron chi connectivity index (χ0n) is 2.94. The predicted octanol–water partition coefficient (Wildman–Crippen LogP) is -0.421. The lowest BCUT2D eigenvalue weighted by Gasteiger charge is -1.78. The lowest BCUT2D eigenvalue weighted by Crippen LogP contribution is -2.06. The molecule has 0 aliphatic carbocycles. The van der Waals surface area contributed by atoms with Gasteiger partial charge in [-0.15, -0.1) is 0 Å². The van der Waals surface area contributed by atoms with Crippen LogP contribution >= 0.6 is 0 Å². The zero-order chi connectivity index (χ0) is 4.28. The van der Waals surface area contributed by atoms with Crippen molar-refractivity contribution in [1.82, 2.24) is 0 Å². The number of allylic oxidation sites excluding steroid dienone is 1. The van der Waals surface area contributed by atoms with E-state index in [1.54, 1.807) is 0 Å². The molecule has 0 bridgehead atoms. The van der Waals surface area contributed by atoms with Crippen LogP contribution in [0.15, 0.2) is 11.9 Å². The third kappa shape index (κ3) is 3.34. The molecular weight excluding hydrogens is 64.0 g/mol. The fraction of sp³-hybridized carbons (Fsp3) is 0. The van der Waals surface area contributed by atoms with Gasteiger partial charge >= 0.3 is 0 Å². The molecule has 0 aromatic rings. The Balaban J connectivity index is 3.14. The van der Waals surface area contributed by atoms with Gasteiger partial charge in [-0.3, -0.25) is 0 Å². The summed E-state index contributed by atoms with van der Waals surface area (Å²) in [6.45, 7) is 3.27. The van der Waals surface area contributed by atoms with E-state index >= 15 is 0 Å². The van der Waals surface area contributed by atoms with E-state index < -0.39 is 0 Å². The van der Waals surface area contributed by atoms with Crippen molar-refractivity contribution in [2.75, 3.05) is 0 Å². The first kappa shape index (κ1) is 4.34. The van der Waals surface area contributed by atoms with Gasteiger partial charge in [0, 0.05) is 0 Å². The molecule has 0 atom stereocenters. The van der Waals surface area contributed by atoms with Crippen LogP contribution in [0.5, 0.6) is 0 Å². The first-order chi connectivity index (χ1) is 2.27. The van der Waals surface area contributed by atoms with Gasteiger partial charge in [0.2, 0.25) is 0 Å². The standard InChI is InChI=1S/C3H7N2/c1-2-3(4)5/h2H,1,4-5H2. The molecule has 0 rings (SSSR count). The maximum atomic E-state index is 4.87. The van der Waals surface area contributed by atoms with Crippen LogP contribution in [0.4, 0.5) is 0 Å². The van der Waals surface area contributed by atoms with Gasteiger partial charge in [0.05, 0.1) is 5.82 Å². The molecule has 0 amide bonds. The van der Waals surface area contributed by atoms with Crippen molar-refractivity contribution in [1.29, 1.82) is 0 Å². The summed E-state index contributed by atoms with van der Waals surface area (Å²) >= 11 is 0. The lowest BCUT2D eigenvalue weighted by atomic mass is 10.6. The van der Waals surface area contributed by atoms with E-state index in [0.29, 0.717) is 0 Å². The Labute approximate surface area is 31.5 Å². The molecule has 4 N–H and O–H groups in total. The van der Waals surface area contributed by atoms with Gasteiger partial charge in [0.1, 0.15) is 0 Å². The molecule has 0 aromatic heterocycles. The molecule has 0 saturated carbocycles. The highest BCUT2D eigenvalue weighted by Gasteiger charge is 1.59. The van der Waals surface area contributed by atoms with Gasteiger partial charge < -0.3 is 11.5 Å². The largest absolute Gasteiger partial charge is 0.386 e. The second kappa shape index (κ2) is 1.64. The Morgan fingerprint density at radius 1 is 1.60 bits per heavy atom. The van der Waals surface area contributed by atoms with Crippen LogP contribution in [-0.4, -0.2) is 0 Å². The van der Waals surface area contributed by atoms with Crippen molar-refractivity contribution in [2.45, 2.75) is 0 Å². The maximum Gasteiger partial charge on any atom is 0.0892 e. The van der Waals surface area contributed by atoms with E-state index in [-0.39, 0.29) is 5.82 Å². The van der Waals surface area contributed by atoms with Crippen molar-refractivity contribution in [3.05, 3.63) is 18.8 Å². The van der Waals surface area contributed by atoms with Crippen LogP contribution in [0.3, 0.4) is 0 Å². The smallest absolute Gasteiger partial charge is 0.0892 e. The van der Waals surface area contributed by atoms with Gasteiger partial charge in [-0.1, -0.05) is 0 Å². The van der Waals surface area contributed by atoms with Crippen molar-refractivity contribution in [3.63, 3.8) is 0 Å². The third-order valence-electron chi connectivity index (χ3n) is 0.236. The average molecular weight is 71.1 g/mol. The summed E-state index contributed by atoms with van der Waals surface area (Å²) in [6, 6.07) is 0. The molecule has 5 heavy (non-hydrogen) atoms. The molecule has 0 saturated heterocycles. The topological polar surface area (TPSA) is 52.0 Å². The molecule has 0 aromatic carbocycles. The zero-order valence-corrected chi connectivity index (χ0v) is 2.94. The molecule has 2 heteroatoms. The fourth-order valence-electron chi connectivity index (χ4n) is 0. The van der Waals surface area contributed by atoms with E-state index in [0.717, 1.165) is 0 Å². The van der Waals surface area contributed by atoms with Crippen LogP contribution in [0, 0.1) is 6.92 Å². The van der Waals surface area contributed by atoms with Gasteiger partial charge in [0.25, 0.3) is 0 Å². The second-order valence-electron chi connectivity index (χ2n) is 0.704. The molecule has 0 aliphatic heterocycles. The molecule has 0 fully saturated rings. The van der Waals surface area contributed by atoms with E-state index in [4.69, 9.17) is 11.5 Å². The summed E-state index contributed by atoms with van der Waals surface area (Å²) in [5.74, 6) is 0.269. The number of nitrogens with two attached hydrogens (primary N) is 2. The van der Waals surface area contributed by atoms with Crippen molar-refractivity contribution < 1.29 is 0 Å². The van der Waals surface area contributed by atoms with E-state index in [1.165, 1.54) is 6.08 Å². The van der Waals surface area contributed by atoms with E-state index in [2.05, 4.69) is 6.92 Å². The first-order valence-electron chi connectivity index (χ1n) is 1.27. The number of hydrogen-bond acceptors (Lipinski definition) is 2. The average Bonchev–Trinajstić information content (AvgIpc) is 1.38. The van der Waals surface area contributed by atoms with Gasteiger partial charge in [0.15, 0.2) is 0 Å². The highest BCUT2D eigenvalue weighted by atomic mass is 14.8. The highest BCUT2D eigenvalue weighted by molar-refractivity contribution is 4.91. The van der Waals surface area contributed by atoms with E-state index in [1.807, 2.05) is 0 Å². The minimum atomic E-state index is 0.269. The molecular formula is C3H7N2. The van der Waals surface area contributed by atoms with E-state index in [9.17, 15) is 0 Å².